The van der Waals surface area contributed by atoms with Crippen LogP contribution in [0.3, 0.4) is 0 Å². The van der Waals surface area contributed by atoms with Crippen LogP contribution in [-0.2, 0) is 22.4 Å². The molecule has 0 radical (unpaired) electrons. The molecule has 1 aliphatic rings. The van der Waals surface area contributed by atoms with Gasteiger partial charge in [-0.25, -0.2) is 0 Å². The van der Waals surface area contributed by atoms with Crippen LogP contribution in [0.4, 0.5) is 5.69 Å². The van der Waals surface area contributed by atoms with Crippen molar-refractivity contribution in [3.05, 3.63) is 41.5 Å². The maximum atomic E-state index is 12.2. The number of carbonyl (C=O) groups is 2. The number of hydrogen-bond donors (Lipinski definition) is 3. The first-order chi connectivity index (χ1) is 11.5. The molecular formula is C19H22N2O3. The van der Waals surface area contributed by atoms with Crippen molar-refractivity contribution >= 4 is 28.3 Å². The van der Waals surface area contributed by atoms with Crippen LogP contribution in [0.25, 0.3) is 10.8 Å². The molecule has 1 aliphatic carbocycles. The zero-order valence-corrected chi connectivity index (χ0v) is 13.9. The number of carbonyl (C=O) groups excluding carboxylic acids is 2. The van der Waals surface area contributed by atoms with E-state index in [1.165, 1.54) is 16.5 Å². The van der Waals surface area contributed by atoms with Gasteiger partial charge in [-0.15, -0.1) is 0 Å². The Balaban J connectivity index is 1.78. The summed E-state index contributed by atoms with van der Waals surface area (Å²) in [5.74, 6) is -1.49. The van der Waals surface area contributed by atoms with Crippen LogP contribution in [0.5, 0.6) is 0 Å². The van der Waals surface area contributed by atoms with E-state index in [0.717, 1.165) is 18.2 Å². The number of aryl methyl sites for hydroxylation is 2. The van der Waals surface area contributed by atoms with Crippen molar-refractivity contribution in [2.45, 2.75) is 32.7 Å². The quantitative estimate of drug-likeness (QED) is 0.752. The Morgan fingerprint density at radius 1 is 1.08 bits per heavy atom. The van der Waals surface area contributed by atoms with E-state index < -0.39 is 11.8 Å². The minimum absolute atomic E-state index is 0.0437. The Morgan fingerprint density at radius 2 is 1.79 bits per heavy atom. The lowest BCUT2D eigenvalue weighted by Crippen LogP contribution is -2.44. The highest BCUT2D eigenvalue weighted by molar-refractivity contribution is 6.40. The van der Waals surface area contributed by atoms with Crippen molar-refractivity contribution in [3.8, 4) is 0 Å². The number of aliphatic hydroxyl groups excluding tert-OH is 1. The van der Waals surface area contributed by atoms with Crippen molar-refractivity contribution in [2.24, 2.45) is 5.92 Å². The first-order valence-electron chi connectivity index (χ1n) is 8.27. The van der Waals surface area contributed by atoms with E-state index in [-0.39, 0.29) is 18.6 Å². The topological polar surface area (TPSA) is 78.4 Å². The summed E-state index contributed by atoms with van der Waals surface area (Å²) in [5, 5.41) is 16.6. The Kier molecular flexibility index (Phi) is 4.53. The van der Waals surface area contributed by atoms with Gasteiger partial charge in [-0.2, -0.15) is 0 Å². The van der Waals surface area contributed by atoms with Crippen LogP contribution in [-0.4, -0.2) is 29.6 Å². The first-order valence-corrected chi connectivity index (χ1v) is 8.27. The summed E-state index contributed by atoms with van der Waals surface area (Å²) < 4.78 is 0. The van der Waals surface area contributed by atoms with Crippen molar-refractivity contribution in [1.82, 2.24) is 5.32 Å². The normalized spacial score (nSPS) is 15.1. The third-order valence-corrected chi connectivity index (χ3v) is 4.83. The summed E-state index contributed by atoms with van der Waals surface area (Å²) in [6.07, 6.45) is 2.03. The third kappa shape index (κ3) is 2.99. The molecule has 0 heterocycles. The maximum absolute atomic E-state index is 12.2. The van der Waals surface area contributed by atoms with Gasteiger partial charge in [0.15, 0.2) is 0 Å². The maximum Gasteiger partial charge on any atom is 0.313 e. The van der Waals surface area contributed by atoms with Crippen molar-refractivity contribution in [3.63, 3.8) is 0 Å². The van der Waals surface area contributed by atoms with Gasteiger partial charge >= 0.3 is 11.8 Å². The zero-order chi connectivity index (χ0) is 17.3. The van der Waals surface area contributed by atoms with E-state index in [9.17, 15) is 9.59 Å². The standard InChI is InChI=1S/C19H22N2O3/c1-11(10-22)12(2)20-18(23)19(24)21-16-9-8-14-7-6-13-4-3-5-15(16)17(13)14/h3-5,8-9,11-12,22H,6-7,10H2,1-2H3,(H,20,23)(H,21,24). The summed E-state index contributed by atoms with van der Waals surface area (Å²) >= 11 is 0. The highest BCUT2D eigenvalue weighted by Crippen LogP contribution is 2.34. The number of hydrogen-bond acceptors (Lipinski definition) is 3. The van der Waals surface area contributed by atoms with E-state index >= 15 is 0 Å². The summed E-state index contributed by atoms with van der Waals surface area (Å²) in [7, 11) is 0. The molecule has 0 fully saturated rings. The van der Waals surface area contributed by atoms with Crippen LogP contribution in [0.1, 0.15) is 25.0 Å². The lowest BCUT2D eigenvalue weighted by molar-refractivity contribution is -0.136. The molecule has 2 amide bonds. The molecule has 0 saturated heterocycles. The second-order valence-electron chi connectivity index (χ2n) is 6.49. The summed E-state index contributed by atoms with van der Waals surface area (Å²) in [6.45, 7) is 3.54. The number of amides is 2. The fraction of sp³-hybridized carbons (Fsp3) is 0.368. The van der Waals surface area contributed by atoms with Crippen molar-refractivity contribution in [1.29, 1.82) is 0 Å². The molecule has 2 aromatic carbocycles. The van der Waals surface area contributed by atoms with Gasteiger partial charge in [-0.3, -0.25) is 9.59 Å². The molecule has 126 valence electrons. The molecule has 2 atom stereocenters. The van der Waals surface area contributed by atoms with Crippen LogP contribution in [0.2, 0.25) is 0 Å². The molecule has 0 aromatic heterocycles. The minimum Gasteiger partial charge on any atom is -0.396 e. The van der Waals surface area contributed by atoms with Gasteiger partial charge in [0.25, 0.3) is 0 Å². The Hall–Kier alpha value is -2.40. The highest BCUT2D eigenvalue weighted by atomic mass is 16.3. The molecule has 0 saturated carbocycles. The third-order valence-electron chi connectivity index (χ3n) is 4.83. The molecule has 3 N–H and O–H groups in total. The fourth-order valence-corrected chi connectivity index (χ4v) is 3.11. The van der Waals surface area contributed by atoms with E-state index in [2.05, 4.69) is 16.7 Å². The Morgan fingerprint density at radius 3 is 2.50 bits per heavy atom. The highest BCUT2D eigenvalue weighted by Gasteiger charge is 2.21. The van der Waals surface area contributed by atoms with Gasteiger partial charge in [0.1, 0.15) is 0 Å². The second-order valence-corrected chi connectivity index (χ2v) is 6.49. The molecule has 2 aromatic rings. The molecule has 0 bridgehead atoms. The SMILES string of the molecule is CC(CO)C(C)NC(=O)C(=O)Nc1ccc2c3c(cccc13)CC2. The average molecular weight is 326 g/mol. The molecule has 0 aliphatic heterocycles. The van der Waals surface area contributed by atoms with Gasteiger partial charge < -0.3 is 15.7 Å². The van der Waals surface area contributed by atoms with Gasteiger partial charge in [-0.05, 0) is 48.3 Å². The minimum atomic E-state index is -0.689. The van der Waals surface area contributed by atoms with Crippen LogP contribution in [0.15, 0.2) is 30.3 Å². The number of rotatable bonds is 4. The molecule has 5 heteroatoms. The Bertz CT molecular complexity index is 790. The van der Waals surface area contributed by atoms with Gasteiger partial charge in [0.05, 0.1) is 0 Å². The summed E-state index contributed by atoms with van der Waals surface area (Å²) in [4.78, 5) is 24.3. The van der Waals surface area contributed by atoms with Gasteiger partial charge in [-0.1, -0.05) is 31.2 Å². The largest absolute Gasteiger partial charge is 0.396 e. The summed E-state index contributed by atoms with van der Waals surface area (Å²) in [5.41, 5.74) is 3.22. The lowest BCUT2D eigenvalue weighted by Gasteiger charge is -2.19. The number of nitrogens with one attached hydrogen (secondary N) is 2. The average Bonchev–Trinajstić information content (AvgIpc) is 3.01. The van der Waals surface area contributed by atoms with Crippen molar-refractivity contribution < 1.29 is 14.7 Å². The monoisotopic (exact) mass is 326 g/mol. The zero-order valence-electron chi connectivity index (χ0n) is 13.9. The van der Waals surface area contributed by atoms with Gasteiger partial charge in [0.2, 0.25) is 0 Å². The van der Waals surface area contributed by atoms with Crippen molar-refractivity contribution in [2.75, 3.05) is 11.9 Å². The molecule has 2 unspecified atom stereocenters. The lowest BCUT2D eigenvalue weighted by atomic mass is 10.0. The van der Waals surface area contributed by atoms with E-state index in [1.54, 1.807) is 6.92 Å². The molecule has 0 spiro atoms. The number of anilines is 1. The predicted octanol–water partition coefficient (Wildman–Crippen LogP) is 2.01. The van der Waals surface area contributed by atoms with E-state index in [0.29, 0.717) is 5.69 Å². The Labute approximate surface area is 141 Å². The fourth-order valence-electron chi connectivity index (χ4n) is 3.11. The van der Waals surface area contributed by atoms with Gasteiger partial charge in [0, 0.05) is 23.7 Å². The molecule has 24 heavy (non-hydrogen) atoms. The second kappa shape index (κ2) is 6.61. The molecular weight excluding hydrogens is 304 g/mol. The van der Waals surface area contributed by atoms with E-state index in [4.69, 9.17) is 5.11 Å². The first kappa shape index (κ1) is 16.5. The van der Waals surface area contributed by atoms with E-state index in [1.807, 2.05) is 31.2 Å². The number of benzene rings is 2. The smallest absolute Gasteiger partial charge is 0.313 e. The predicted molar refractivity (Wildman–Crippen MR) is 93.8 cm³/mol. The van der Waals surface area contributed by atoms with Crippen LogP contribution < -0.4 is 10.6 Å². The molecule has 3 rings (SSSR count). The molecule has 5 nitrogen and oxygen atoms in total. The number of aliphatic hydroxyl groups is 1. The van der Waals surface area contributed by atoms with Crippen LogP contribution in [0, 0.1) is 5.92 Å². The summed E-state index contributed by atoms with van der Waals surface area (Å²) in [6, 6.07) is 9.65. The van der Waals surface area contributed by atoms with Crippen LogP contribution >= 0.6 is 0 Å².